The molecule has 0 saturated heterocycles. The monoisotopic (exact) mass is 320 g/mol. The van der Waals surface area contributed by atoms with E-state index < -0.39 is 0 Å². The van der Waals surface area contributed by atoms with E-state index in [4.69, 9.17) is 11.6 Å². The maximum Gasteiger partial charge on any atom is 0.0629 e. The van der Waals surface area contributed by atoms with Crippen molar-refractivity contribution in [2.24, 2.45) is 0 Å². The summed E-state index contributed by atoms with van der Waals surface area (Å²) in [5.41, 5.74) is 2.45. The summed E-state index contributed by atoms with van der Waals surface area (Å²) in [6.07, 6.45) is 4.64. The molecule has 1 unspecified atom stereocenters. The van der Waals surface area contributed by atoms with Gasteiger partial charge in [-0.1, -0.05) is 30.7 Å². The number of thioether (sulfide) groups is 1. The molecule has 0 aliphatic heterocycles. The van der Waals surface area contributed by atoms with E-state index in [0.29, 0.717) is 6.04 Å². The minimum Gasteiger partial charge on any atom is -0.310 e. The first-order valence-corrected chi connectivity index (χ1v) is 8.61. The van der Waals surface area contributed by atoms with Crippen molar-refractivity contribution >= 4 is 23.4 Å². The van der Waals surface area contributed by atoms with Crippen molar-refractivity contribution < 1.29 is 0 Å². The van der Waals surface area contributed by atoms with Crippen LogP contribution in [-0.2, 0) is 5.75 Å². The molecule has 0 amide bonds. The van der Waals surface area contributed by atoms with Gasteiger partial charge in [0, 0.05) is 29.1 Å². The standard InChI is InChI=1S/C17H21ClN2S/c1-3-9-20-13(2)14-4-6-16(7-5-14)21-12-15-8-10-19-11-17(15)18/h4-8,10-11,13,20H,3,9,12H2,1-2H3. The number of rotatable bonds is 7. The number of hydrogen-bond donors (Lipinski definition) is 1. The van der Waals surface area contributed by atoms with Gasteiger partial charge in [0.15, 0.2) is 0 Å². The van der Waals surface area contributed by atoms with E-state index in [0.717, 1.165) is 29.3 Å². The van der Waals surface area contributed by atoms with Crippen LogP contribution in [-0.4, -0.2) is 11.5 Å². The Morgan fingerprint density at radius 3 is 2.67 bits per heavy atom. The summed E-state index contributed by atoms with van der Waals surface area (Å²) >= 11 is 7.91. The highest BCUT2D eigenvalue weighted by atomic mass is 35.5. The number of aromatic nitrogens is 1. The maximum absolute atomic E-state index is 6.12. The van der Waals surface area contributed by atoms with Crippen LogP contribution in [0.1, 0.15) is 37.4 Å². The molecule has 0 radical (unpaired) electrons. The molecule has 4 heteroatoms. The van der Waals surface area contributed by atoms with Crippen LogP contribution in [0.4, 0.5) is 0 Å². The fourth-order valence-electron chi connectivity index (χ4n) is 2.01. The maximum atomic E-state index is 6.12. The molecule has 0 aliphatic rings. The van der Waals surface area contributed by atoms with Crippen LogP contribution in [0.2, 0.25) is 5.02 Å². The van der Waals surface area contributed by atoms with E-state index in [9.17, 15) is 0 Å². The SMILES string of the molecule is CCCNC(C)c1ccc(SCc2ccncc2Cl)cc1. The van der Waals surface area contributed by atoms with E-state index in [1.165, 1.54) is 10.5 Å². The minimum atomic E-state index is 0.402. The van der Waals surface area contributed by atoms with Gasteiger partial charge in [0.25, 0.3) is 0 Å². The van der Waals surface area contributed by atoms with Gasteiger partial charge >= 0.3 is 0 Å². The zero-order valence-corrected chi connectivity index (χ0v) is 14.0. The Kier molecular flexibility index (Phi) is 6.55. The number of pyridine rings is 1. The smallest absolute Gasteiger partial charge is 0.0629 e. The first-order valence-electron chi connectivity index (χ1n) is 7.25. The second-order valence-corrected chi connectivity index (χ2v) is 6.46. The van der Waals surface area contributed by atoms with Crippen LogP contribution in [0.3, 0.4) is 0 Å². The molecule has 0 fully saturated rings. The highest BCUT2D eigenvalue weighted by Gasteiger charge is 2.05. The van der Waals surface area contributed by atoms with E-state index in [1.54, 1.807) is 24.2 Å². The van der Waals surface area contributed by atoms with Gasteiger partial charge in [0.1, 0.15) is 0 Å². The lowest BCUT2D eigenvalue weighted by atomic mass is 10.1. The molecule has 21 heavy (non-hydrogen) atoms. The van der Waals surface area contributed by atoms with Crippen LogP contribution < -0.4 is 5.32 Å². The zero-order chi connectivity index (χ0) is 15.1. The van der Waals surface area contributed by atoms with Gasteiger partial charge in [-0.15, -0.1) is 11.8 Å². The summed E-state index contributed by atoms with van der Waals surface area (Å²) in [5, 5.41) is 4.24. The summed E-state index contributed by atoms with van der Waals surface area (Å²) in [6, 6.07) is 11.1. The first kappa shape index (κ1) is 16.3. The Bertz CT molecular complexity index is 557. The van der Waals surface area contributed by atoms with E-state index in [-0.39, 0.29) is 0 Å². The normalized spacial score (nSPS) is 12.3. The Balaban J connectivity index is 1.92. The molecule has 0 saturated carbocycles. The van der Waals surface area contributed by atoms with Crippen molar-refractivity contribution in [3.63, 3.8) is 0 Å². The van der Waals surface area contributed by atoms with Gasteiger partial charge in [-0.25, -0.2) is 0 Å². The Morgan fingerprint density at radius 2 is 2.00 bits per heavy atom. The molecule has 0 bridgehead atoms. The first-order chi connectivity index (χ1) is 10.2. The Hall–Kier alpha value is -1.03. The van der Waals surface area contributed by atoms with Crippen molar-refractivity contribution in [2.45, 2.75) is 37.0 Å². The molecule has 0 aliphatic carbocycles. The van der Waals surface area contributed by atoms with Crippen molar-refractivity contribution in [2.75, 3.05) is 6.54 Å². The van der Waals surface area contributed by atoms with Crippen LogP contribution in [0.25, 0.3) is 0 Å². The van der Waals surface area contributed by atoms with Gasteiger partial charge < -0.3 is 5.32 Å². The lowest BCUT2D eigenvalue weighted by molar-refractivity contribution is 0.570. The Labute approximate surface area is 136 Å². The van der Waals surface area contributed by atoms with E-state index in [2.05, 4.69) is 48.4 Å². The van der Waals surface area contributed by atoms with Crippen LogP contribution in [0, 0.1) is 0 Å². The van der Waals surface area contributed by atoms with Crippen molar-refractivity contribution in [3.05, 3.63) is 58.9 Å². The van der Waals surface area contributed by atoms with Crippen molar-refractivity contribution in [1.82, 2.24) is 10.3 Å². The molecule has 2 aromatic rings. The largest absolute Gasteiger partial charge is 0.310 e. The van der Waals surface area contributed by atoms with Gasteiger partial charge in [-0.05, 0) is 49.2 Å². The van der Waals surface area contributed by atoms with Crippen LogP contribution in [0.5, 0.6) is 0 Å². The summed E-state index contributed by atoms with van der Waals surface area (Å²) in [6.45, 7) is 5.44. The van der Waals surface area contributed by atoms with Crippen LogP contribution in [0.15, 0.2) is 47.6 Å². The Morgan fingerprint density at radius 1 is 1.24 bits per heavy atom. The average molecular weight is 321 g/mol. The van der Waals surface area contributed by atoms with E-state index in [1.807, 2.05) is 6.07 Å². The number of nitrogens with zero attached hydrogens (tertiary/aromatic N) is 1. The molecule has 1 N–H and O–H groups in total. The second-order valence-electron chi connectivity index (χ2n) is 5.00. The molecule has 2 rings (SSSR count). The van der Waals surface area contributed by atoms with Gasteiger partial charge in [0.05, 0.1) is 5.02 Å². The van der Waals surface area contributed by atoms with Gasteiger partial charge in [0.2, 0.25) is 0 Å². The topological polar surface area (TPSA) is 24.9 Å². The minimum absolute atomic E-state index is 0.402. The zero-order valence-electron chi connectivity index (χ0n) is 12.5. The third kappa shape index (κ3) is 5.03. The fraction of sp³-hybridized carbons (Fsp3) is 0.353. The fourth-order valence-corrected chi connectivity index (χ4v) is 3.18. The molecule has 1 heterocycles. The summed E-state index contributed by atoms with van der Waals surface area (Å²) < 4.78 is 0. The molecule has 1 aromatic heterocycles. The number of benzene rings is 1. The second kappa shape index (κ2) is 8.42. The average Bonchev–Trinajstić information content (AvgIpc) is 2.52. The molecular formula is C17H21ClN2S. The van der Waals surface area contributed by atoms with Crippen molar-refractivity contribution in [3.8, 4) is 0 Å². The molecule has 0 spiro atoms. The molecule has 1 atom stereocenters. The molecule has 1 aromatic carbocycles. The third-order valence-electron chi connectivity index (χ3n) is 3.33. The predicted octanol–water partition coefficient (Wildman–Crippen LogP) is 5.09. The highest BCUT2D eigenvalue weighted by molar-refractivity contribution is 7.98. The van der Waals surface area contributed by atoms with Gasteiger partial charge in [-0.3, -0.25) is 4.98 Å². The van der Waals surface area contributed by atoms with Crippen LogP contribution >= 0.6 is 23.4 Å². The lowest BCUT2D eigenvalue weighted by Gasteiger charge is -2.14. The quantitative estimate of drug-likeness (QED) is 0.719. The molecular weight excluding hydrogens is 300 g/mol. The highest BCUT2D eigenvalue weighted by Crippen LogP contribution is 2.27. The lowest BCUT2D eigenvalue weighted by Crippen LogP contribution is -2.19. The van der Waals surface area contributed by atoms with E-state index >= 15 is 0 Å². The van der Waals surface area contributed by atoms with Crippen molar-refractivity contribution in [1.29, 1.82) is 0 Å². The number of halogens is 1. The summed E-state index contributed by atoms with van der Waals surface area (Å²) in [7, 11) is 0. The predicted molar refractivity (Wildman–Crippen MR) is 92.0 cm³/mol. The van der Waals surface area contributed by atoms with Gasteiger partial charge in [-0.2, -0.15) is 0 Å². The number of hydrogen-bond acceptors (Lipinski definition) is 3. The molecule has 112 valence electrons. The summed E-state index contributed by atoms with van der Waals surface area (Å²) in [5.74, 6) is 0.865. The summed E-state index contributed by atoms with van der Waals surface area (Å²) in [4.78, 5) is 5.27. The number of nitrogens with one attached hydrogen (secondary N) is 1. The molecule has 2 nitrogen and oxygen atoms in total. The third-order valence-corrected chi connectivity index (χ3v) is 4.73.